The normalized spacial score (nSPS) is 16.9. The van der Waals surface area contributed by atoms with Gasteiger partial charge in [0, 0.05) is 31.4 Å². The average molecular weight is 276 g/mol. The number of rotatable bonds is 4. The number of carbonyl (C=O) groups is 1. The first-order chi connectivity index (χ1) is 9.61. The number of hydrogen-bond acceptors (Lipinski definition) is 4. The lowest BCUT2D eigenvalue weighted by Crippen LogP contribution is -2.44. The third-order valence-corrected chi connectivity index (χ3v) is 3.92. The Morgan fingerprint density at radius 2 is 2.20 bits per heavy atom. The summed E-state index contributed by atoms with van der Waals surface area (Å²) in [5.74, 6) is 0.844. The number of piperidine rings is 1. The van der Waals surface area contributed by atoms with Crippen molar-refractivity contribution in [3.63, 3.8) is 0 Å². The van der Waals surface area contributed by atoms with Crippen molar-refractivity contribution < 1.29 is 4.79 Å². The van der Waals surface area contributed by atoms with E-state index in [0.717, 1.165) is 38.3 Å². The molecule has 1 aliphatic heterocycles. The molecular formula is C15H24N4O. The molecule has 1 aromatic heterocycles. The number of carbonyl (C=O) groups excluding carboxylic acids is 1. The van der Waals surface area contributed by atoms with Crippen LogP contribution in [0.4, 0.5) is 5.82 Å². The smallest absolute Gasteiger partial charge is 0.254 e. The highest BCUT2D eigenvalue weighted by Crippen LogP contribution is 2.17. The van der Waals surface area contributed by atoms with E-state index < -0.39 is 0 Å². The molecule has 2 rings (SSSR count). The Morgan fingerprint density at radius 1 is 1.50 bits per heavy atom. The molecule has 0 aromatic carbocycles. The van der Waals surface area contributed by atoms with Gasteiger partial charge in [0.1, 0.15) is 5.82 Å². The molecule has 5 heteroatoms. The maximum atomic E-state index is 12.5. The lowest BCUT2D eigenvalue weighted by Gasteiger charge is -2.35. The van der Waals surface area contributed by atoms with E-state index in [0.29, 0.717) is 11.6 Å². The zero-order valence-corrected chi connectivity index (χ0v) is 12.6. The number of hydrogen-bond donors (Lipinski definition) is 1. The maximum absolute atomic E-state index is 12.5. The molecule has 2 heterocycles. The molecule has 0 atom stereocenters. The van der Waals surface area contributed by atoms with Crippen LogP contribution in [-0.4, -0.2) is 60.5 Å². The van der Waals surface area contributed by atoms with Gasteiger partial charge in [-0.1, -0.05) is 0 Å². The summed E-state index contributed by atoms with van der Waals surface area (Å²) in [6, 6.07) is 3.96. The van der Waals surface area contributed by atoms with Crippen LogP contribution in [0, 0.1) is 0 Å². The van der Waals surface area contributed by atoms with Gasteiger partial charge in [-0.15, -0.1) is 0 Å². The Bertz CT molecular complexity index is 455. The number of pyridine rings is 1. The van der Waals surface area contributed by atoms with E-state index in [2.05, 4.69) is 22.2 Å². The van der Waals surface area contributed by atoms with E-state index in [1.807, 2.05) is 24.9 Å². The second kappa shape index (κ2) is 6.70. The Labute approximate surface area is 121 Å². The highest BCUT2D eigenvalue weighted by Gasteiger charge is 2.24. The van der Waals surface area contributed by atoms with Crippen LogP contribution in [0.5, 0.6) is 0 Å². The largest absolute Gasteiger partial charge is 0.370 e. The summed E-state index contributed by atoms with van der Waals surface area (Å²) >= 11 is 0. The lowest BCUT2D eigenvalue weighted by molar-refractivity contribution is 0.0659. The van der Waals surface area contributed by atoms with Crippen molar-refractivity contribution >= 4 is 11.7 Å². The minimum Gasteiger partial charge on any atom is -0.370 e. The number of anilines is 1. The van der Waals surface area contributed by atoms with E-state index in [-0.39, 0.29) is 5.91 Å². The summed E-state index contributed by atoms with van der Waals surface area (Å²) in [7, 11) is 4.04. The molecule has 0 bridgehead atoms. The molecule has 1 aliphatic rings. The van der Waals surface area contributed by atoms with Crippen molar-refractivity contribution in [1.82, 2.24) is 14.8 Å². The van der Waals surface area contributed by atoms with E-state index in [9.17, 15) is 4.79 Å². The topological polar surface area (TPSA) is 48.5 Å². The molecule has 0 unspecified atom stereocenters. The molecule has 0 spiro atoms. The van der Waals surface area contributed by atoms with Gasteiger partial charge in [-0.2, -0.15) is 0 Å². The zero-order chi connectivity index (χ0) is 14.5. The monoisotopic (exact) mass is 276 g/mol. The molecule has 0 radical (unpaired) electrons. The molecule has 1 N–H and O–H groups in total. The van der Waals surface area contributed by atoms with Crippen molar-refractivity contribution in [3.05, 3.63) is 23.9 Å². The highest BCUT2D eigenvalue weighted by molar-refractivity contribution is 5.94. The van der Waals surface area contributed by atoms with Gasteiger partial charge in [-0.25, -0.2) is 4.98 Å². The quantitative estimate of drug-likeness (QED) is 0.909. The zero-order valence-electron chi connectivity index (χ0n) is 12.6. The van der Waals surface area contributed by atoms with Crippen LogP contribution >= 0.6 is 0 Å². The Morgan fingerprint density at radius 3 is 2.85 bits per heavy atom. The number of aromatic nitrogens is 1. The fourth-order valence-corrected chi connectivity index (χ4v) is 2.59. The first-order valence-electron chi connectivity index (χ1n) is 7.27. The van der Waals surface area contributed by atoms with Crippen LogP contribution in [0.25, 0.3) is 0 Å². The van der Waals surface area contributed by atoms with E-state index in [4.69, 9.17) is 0 Å². The Hall–Kier alpha value is -1.62. The van der Waals surface area contributed by atoms with Gasteiger partial charge < -0.3 is 15.1 Å². The van der Waals surface area contributed by atoms with Crippen LogP contribution in [0.15, 0.2) is 18.3 Å². The van der Waals surface area contributed by atoms with Crippen LogP contribution in [0.1, 0.15) is 30.1 Å². The van der Waals surface area contributed by atoms with Gasteiger partial charge in [-0.05, 0) is 52.0 Å². The SMILES string of the molecule is CCNc1cc(C(=O)N(C)C2CCN(C)CC2)ccn1. The van der Waals surface area contributed by atoms with E-state index in [1.165, 1.54) is 0 Å². The molecule has 1 saturated heterocycles. The average Bonchev–Trinajstić information content (AvgIpc) is 2.47. The minimum atomic E-state index is 0.0844. The third kappa shape index (κ3) is 3.48. The summed E-state index contributed by atoms with van der Waals surface area (Å²) in [5.41, 5.74) is 0.706. The summed E-state index contributed by atoms with van der Waals surface area (Å²) in [6.45, 7) is 4.93. The summed E-state index contributed by atoms with van der Waals surface area (Å²) in [4.78, 5) is 20.9. The van der Waals surface area contributed by atoms with Crippen LogP contribution in [-0.2, 0) is 0 Å². The summed E-state index contributed by atoms with van der Waals surface area (Å²) in [5, 5.41) is 3.14. The molecule has 5 nitrogen and oxygen atoms in total. The number of nitrogens with zero attached hydrogens (tertiary/aromatic N) is 3. The predicted octanol–water partition coefficient (Wildman–Crippen LogP) is 1.68. The second-order valence-corrected chi connectivity index (χ2v) is 5.41. The third-order valence-electron chi connectivity index (χ3n) is 3.92. The van der Waals surface area contributed by atoms with Crippen molar-refractivity contribution in [2.24, 2.45) is 0 Å². The van der Waals surface area contributed by atoms with Gasteiger partial charge in [0.05, 0.1) is 0 Å². The molecule has 110 valence electrons. The summed E-state index contributed by atoms with van der Waals surface area (Å²) in [6.07, 6.45) is 3.78. The molecule has 1 amide bonds. The first kappa shape index (κ1) is 14.8. The van der Waals surface area contributed by atoms with Gasteiger partial charge in [0.2, 0.25) is 0 Å². The molecular weight excluding hydrogens is 252 g/mol. The lowest BCUT2D eigenvalue weighted by atomic mass is 10.0. The number of likely N-dealkylation sites (tertiary alicyclic amines) is 1. The second-order valence-electron chi connectivity index (χ2n) is 5.41. The summed E-state index contributed by atoms with van der Waals surface area (Å²) < 4.78 is 0. The van der Waals surface area contributed by atoms with Crippen LogP contribution < -0.4 is 5.32 Å². The predicted molar refractivity (Wildman–Crippen MR) is 81.0 cm³/mol. The molecule has 0 aliphatic carbocycles. The van der Waals surface area contributed by atoms with E-state index >= 15 is 0 Å². The minimum absolute atomic E-state index is 0.0844. The highest BCUT2D eigenvalue weighted by atomic mass is 16.2. The molecule has 1 fully saturated rings. The van der Waals surface area contributed by atoms with Crippen molar-refractivity contribution in [3.8, 4) is 0 Å². The molecule has 20 heavy (non-hydrogen) atoms. The Balaban J connectivity index is 2.04. The van der Waals surface area contributed by atoms with Crippen molar-refractivity contribution in [1.29, 1.82) is 0 Å². The molecule has 1 aromatic rings. The fourth-order valence-electron chi connectivity index (χ4n) is 2.59. The standard InChI is InChI=1S/C15H24N4O/c1-4-16-14-11-12(5-8-17-14)15(20)19(3)13-6-9-18(2)10-7-13/h5,8,11,13H,4,6-7,9-10H2,1-3H3,(H,16,17). The molecule has 0 saturated carbocycles. The van der Waals surface area contributed by atoms with Crippen molar-refractivity contribution in [2.45, 2.75) is 25.8 Å². The van der Waals surface area contributed by atoms with Gasteiger partial charge >= 0.3 is 0 Å². The number of amides is 1. The van der Waals surface area contributed by atoms with Gasteiger partial charge in [-0.3, -0.25) is 4.79 Å². The first-order valence-corrected chi connectivity index (χ1v) is 7.27. The van der Waals surface area contributed by atoms with Crippen molar-refractivity contribution in [2.75, 3.05) is 39.0 Å². The van der Waals surface area contributed by atoms with Crippen LogP contribution in [0.3, 0.4) is 0 Å². The van der Waals surface area contributed by atoms with Crippen LogP contribution in [0.2, 0.25) is 0 Å². The maximum Gasteiger partial charge on any atom is 0.254 e. The fraction of sp³-hybridized carbons (Fsp3) is 0.600. The number of nitrogens with one attached hydrogen (secondary N) is 1. The van der Waals surface area contributed by atoms with Gasteiger partial charge in [0.15, 0.2) is 0 Å². The van der Waals surface area contributed by atoms with E-state index in [1.54, 1.807) is 12.3 Å². The Kier molecular flexibility index (Phi) is 4.95. The van der Waals surface area contributed by atoms with Gasteiger partial charge in [0.25, 0.3) is 5.91 Å².